The van der Waals surface area contributed by atoms with Crippen LogP contribution in [0.5, 0.6) is 0 Å². The molecular weight excluding hydrogens is 399 g/mol. The number of benzene rings is 1. The molecule has 9 heteroatoms. The average Bonchev–Trinajstić information content (AvgIpc) is 3.27. The second-order valence-corrected chi connectivity index (χ2v) is 8.25. The average molecular weight is 426 g/mol. The van der Waals surface area contributed by atoms with Gasteiger partial charge >= 0.3 is 0 Å². The molecule has 31 heavy (non-hydrogen) atoms. The van der Waals surface area contributed by atoms with Crippen LogP contribution in [-0.4, -0.2) is 57.1 Å². The largest absolute Gasteiger partial charge is 0.352 e. The summed E-state index contributed by atoms with van der Waals surface area (Å²) < 4.78 is 16.6. The van der Waals surface area contributed by atoms with Gasteiger partial charge < -0.3 is 20.1 Å². The highest BCUT2D eigenvalue weighted by Gasteiger charge is 2.28. The number of likely N-dealkylation sites (tertiary alicyclic amines) is 1. The molecule has 0 bridgehead atoms. The number of aromatic nitrogens is 3. The summed E-state index contributed by atoms with van der Waals surface area (Å²) >= 11 is 0. The van der Waals surface area contributed by atoms with Gasteiger partial charge in [-0.3, -0.25) is 9.59 Å². The number of fused-ring (bicyclic) bond motifs is 1. The van der Waals surface area contributed by atoms with E-state index >= 15 is 0 Å². The quantitative estimate of drug-likeness (QED) is 0.649. The lowest BCUT2D eigenvalue weighted by atomic mass is 10.0. The molecule has 1 aromatic carbocycles. The standard InChI is InChI=1S/C22H27FN6O2/c1-27-13-16(20(30)24-11-15-3-6-17(23)7-4-15)5-8-18(14-27)26-21(31)19-12-25-29-10-9-28(2)22(19)29/h3-4,6-7,9-10,12,16,18H,5,8,11,13-14H2,1-2H3,(H,24,30)(H,26,31)/t16-,18+/m1/s1. The predicted octanol–water partition coefficient (Wildman–Crippen LogP) is 1.57. The van der Waals surface area contributed by atoms with Crippen LogP contribution in [0.1, 0.15) is 28.8 Å². The van der Waals surface area contributed by atoms with E-state index in [2.05, 4.69) is 20.6 Å². The Morgan fingerprint density at radius 1 is 1.13 bits per heavy atom. The molecule has 1 aliphatic heterocycles. The number of amides is 2. The smallest absolute Gasteiger partial charge is 0.256 e. The van der Waals surface area contributed by atoms with Crippen molar-refractivity contribution in [3.63, 3.8) is 0 Å². The highest BCUT2D eigenvalue weighted by molar-refractivity contribution is 6.00. The maximum absolute atomic E-state index is 13.0. The Balaban J connectivity index is 1.34. The molecule has 3 aromatic rings. The Morgan fingerprint density at radius 3 is 2.68 bits per heavy atom. The maximum atomic E-state index is 13.0. The van der Waals surface area contributed by atoms with E-state index in [0.717, 1.165) is 11.2 Å². The number of carbonyl (C=O) groups excluding carboxylic acids is 2. The van der Waals surface area contributed by atoms with Crippen molar-refractivity contribution in [2.75, 3.05) is 20.1 Å². The molecule has 2 atom stereocenters. The SMILES string of the molecule is CN1C[C@@H](NC(=O)c2cnn3ccn(C)c23)CC[C@@H](C(=O)NCc2ccc(F)cc2)C1. The van der Waals surface area contributed by atoms with Gasteiger partial charge in [0.15, 0.2) is 0 Å². The van der Waals surface area contributed by atoms with Crippen LogP contribution in [0.25, 0.3) is 5.65 Å². The Labute approximate surface area is 180 Å². The van der Waals surface area contributed by atoms with Crippen LogP contribution in [-0.2, 0) is 18.4 Å². The van der Waals surface area contributed by atoms with Gasteiger partial charge in [-0.05, 0) is 37.6 Å². The van der Waals surface area contributed by atoms with Crippen LogP contribution in [0.2, 0.25) is 0 Å². The molecule has 0 spiro atoms. The summed E-state index contributed by atoms with van der Waals surface area (Å²) in [6.07, 6.45) is 6.63. The molecule has 0 unspecified atom stereocenters. The Bertz CT molecular complexity index is 1070. The van der Waals surface area contributed by atoms with Crippen molar-refractivity contribution in [2.45, 2.75) is 25.4 Å². The number of hydrogen-bond donors (Lipinski definition) is 2. The van der Waals surface area contributed by atoms with Gasteiger partial charge in [-0.25, -0.2) is 8.91 Å². The third kappa shape index (κ3) is 4.77. The first-order valence-corrected chi connectivity index (χ1v) is 10.4. The van der Waals surface area contributed by atoms with E-state index in [-0.39, 0.29) is 29.6 Å². The molecular formula is C22H27FN6O2. The number of hydrogen-bond acceptors (Lipinski definition) is 4. The minimum absolute atomic E-state index is 0.0229. The zero-order valence-corrected chi connectivity index (χ0v) is 17.7. The summed E-state index contributed by atoms with van der Waals surface area (Å²) in [7, 11) is 3.84. The number of aryl methyl sites for hydroxylation is 1. The Morgan fingerprint density at radius 2 is 1.90 bits per heavy atom. The number of imidazole rings is 1. The van der Waals surface area contributed by atoms with Crippen molar-refractivity contribution in [3.05, 3.63) is 59.8 Å². The van der Waals surface area contributed by atoms with Gasteiger partial charge in [0.25, 0.3) is 5.91 Å². The van der Waals surface area contributed by atoms with Gasteiger partial charge in [0.1, 0.15) is 17.0 Å². The van der Waals surface area contributed by atoms with Crippen LogP contribution in [0, 0.1) is 11.7 Å². The Kier molecular flexibility index (Phi) is 6.03. The minimum atomic E-state index is -0.294. The van der Waals surface area contributed by atoms with Crippen LogP contribution in [0.15, 0.2) is 42.9 Å². The number of rotatable bonds is 5. The van der Waals surface area contributed by atoms with E-state index in [1.165, 1.54) is 12.1 Å². The molecule has 0 saturated carbocycles. The van der Waals surface area contributed by atoms with Gasteiger partial charge in [-0.1, -0.05) is 12.1 Å². The summed E-state index contributed by atoms with van der Waals surface area (Å²) in [4.78, 5) is 27.6. The van der Waals surface area contributed by atoms with Crippen molar-refractivity contribution in [1.29, 1.82) is 0 Å². The first-order valence-electron chi connectivity index (χ1n) is 10.4. The number of nitrogens with one attached hydrogen (secondary N) is 2. The fraction of sp³-hybridized carbons (Fsp3) is 0.409. The topological polar surface area (TPSA) is 83.7 Å². The third-order valence-corrected chi connectivity index (χ3v) is 5.79. The normalized spacial score (nSPS) is 19.8. The summed E-state index contributed by atoms with van der Waals surface area (Å²) in [5.74, 6) is -0.639. The van der Waals surface area contributed by atoms with Crippen molar-refractivity contribution < 1.29 is 14.0 Å². The first kappa shape index (κ1) is 21.0. The highest BCUT2D eigenvalue weighted by atomic mass is 19.1. The molecule has 2 N–H and O–H groups in total. The molecule has 1 fully saturated rings. The van der Waals surface area contributed by atoms with Gasteiger partial charge in [0, 0.05) is 45.1 Å². The second kappa shape index (κ2) is 8.89. The van der Waals surface area contributed by atoms with E-state index < -0.39 is 0 Å². The third-order valence-electron chi connectivity index (χ3n) is 5.79. The Hall–Kier alpha value is -3.20. The molecule has 2 aromatic heterocycles. The summed E-state index contributed by atoms with van der Waals surface area (Å²) in [6.45, 7) is 1.66. The van der Waals surface area contributed by atoms with Crippen molar-refractivity contribution >= 4 is 17.5 Å². The monoisotopic (exact) mass is 426 g/mol. The van der Waals surface area contributed by atoms with Gasteiger partial charge in [-0.2, -0.15) is 5.10 Å². The van der Waals surface area contributed by atoms with Crippen molar-refractivity contribution in [3.8, 4) is 0 Å². The first-order chi connectivity index (χ1) is 14.9. The number of nitrogens with zero attached hydrogens (tertiary/aromatic N) is 4. The molecule has 1 aliphatic rings. The van der Waals surface area contributed by atoms with Crippen LogP contribution < -0.4 is 10.6 Å². The molecule has 164 valence electrons. The van der Waals surface area contributed by atoms with Crippen LogP contribution >= 0.6 is 0 Å². The predicted molar refractivity (Wildman–Crippen MR) is 114 cm³/mol. The fourth-order valence-electron chi connectivity index (χ4n) is 4.15. The molecule has 1 saturated heterocycles. The van der Waals surface area contributed by atoms with Crippen LogP contribution in [0.4, 0.5) is 4.39 Å². The zero-order valence-electron chi connectivity index (χ0n) is 17.7. The van der Waals surface area contributed by atoms with Gasteiger partial charge in [0.05, 0.1) is 12.1 Å². The molecule has 3 heterocycles. The van der Waals surface area contributed by atoms with E-state index in [1.54, 1.807) is 29.0 Å². The van der Waals surface area contributed by atoms with Gasteiger partial charge in [0.2, 0.25) is 5.91 Å². The van der Waals surface area contributed by atoms with Crippen molar-refractivity contribution in [1.82, 2.24) is 29.7 Å². The summed E-state index contributed by atoms with van der Waals surface area (Å²) in [5, 5.41) is 10.3. The number of carbonyl (C=O) groups is 2. The molecule has 4 rings (SSSR count). The molecule has 0 aliphatic carbocycles. The van der Waals surface area contributed by atoms with E-state index in [1.807, 2.05) is 24.9 Å². The molecule has 2 amide bonds. The second-order valence-electron chi connectivity index (χ2n) is 8.25. The van der Waals surface area contributed by atoms with Crippen LogP contribution in [0.3, 0.4) is 0 Å². The summed E-state index contributed by atoms with van der Waals surface area (Å²) in [6, 6.07) is 6.06. The van der Waals surface area contributed by atoms with Gasteiger partial charge in [-0.15, -0.1) is 0 Å². The lowest BCUT2D eigenvalue weighted by Crippen LogP contribution is -2.42. The zero-order chi connectivity index (χ0) is 22.0. The number of halogens is 1. The lowest BCUT2D eigenvalue weighted by Gasteiger charge is -2.21. The van der Waals surface area contributed by atoms with Crippen molar-refractivity contribution in [2.24, 2.45) is 13.0 Å². The molecule has 0 radical (unpaired) electrons. The number of likely N-dealkylation sites (N-methyl/N-ethyl adjacent to an activating group) is 1. The van der Waals surface area contributed by atoms with E-state index in [4.69, 9.17) is 0 Å². The van der Waals surface area contributed by atoms with E-state index in [9.17, 15) is 14.0 Å². The minimum Gasteiger partial charge on any atom is -0.352 e. The van der Waals surface area contributed by atoms with E-state index in [0.29, 0.717) is 38.0 Å². The fourth-order valence-corrected chi connectivity index (χ4v) is 4.15. The summed E-state index contributed by atoms with van der Waals surface area (Å²) in [5.41, 5.74) is 2.14. The molecule has 8 nitrogen and oxygen atoms in total. The maximum Gasteiger partial charge on any atom is 0.256 e. The lowest BCUT2D eigenvalue weighted by molar-refractivity contribution is -0.125. The highest BCUT2D eigenvalue weighted by Crippen LogP contribution is 2.18.